The van der Waals surface area contributed by atoms with Crippen LogP contribution in [0.2, 0.25) is 5.02 Å². The van der Waals surface area contributed by atoms with Gasteiger partial charge in [0.2, 0.25) is 11.5 Å². The van der Waals surface area contributed by atoms with Crippen molar-refractivity contribution in [2.75, 3.05) is 17.7 Å². The predicted molar refractivity (Wildman–Crippen MR) is 164 cm³/mol. The number of aromatic nitrogens is 3. The third kappa shape index (κ3) is 6.35. The minimum atomic E-state index is -0.674. The zero-order valence-electron chi connectivity index (χ0n) is 24.2. The molecule has 44 heavy (non-hydrogen) atoms. The molecule has 0 saturated heterocycles. The summed E-state index contributed by atoms with van der Waals surface area (Å²) >= 11 is 5.96. The number of amides is 3. The standard InChI is InChI=1S/C31H30ClFN6O5/c1-16-6-4-8-22(37-30(42)28-17(2)39(15-34-28)25-9-5-7-21(32)27(25)33)24-12-18(13-26(40)36-24)20-11-10-19(35-31(43)44-3)14-23(20)38-29(16)41/h5,7,9-16,22H,4,6,8H2,1-3H3,(H,35,43)(H,36,40)(H,37,42)(H,38,41). The van der Waals surface area contributed by atoms with E-state index in [0.717, 1.165) is 0 Å². The van der Waals surface area contributed by atoms with Crippen LogP contribution in [0.5, 0.6) is 0 Å². The van der Waals surface area contributed by atoms with Crippen molar-refractivity contribution in [1.29, 1.82) is 0 Å². The number of carbonyl (C=O) groups is 3. The number of anilines is 2. The van der Waals surface area contributed by atoms with Crippen molar-refractivity contribution in [3.63, 3.8) is 0 Å². The van der Waals surface area contributed by atoms with E-state index in [1.54, 1.807) is 44.2 Å². The number of ether oxygens (including phenoxy) is 1. The number of nitrogens with zero attached hydrogens (tertiary/aromatic N) is 2. The number of aromatic amines is 1. The minimum Gasteiger partial charge on any atom is -0.453 e. The number of imidazole rings is 1. The van der Waals surface area contributed by atoms with Crippen LogP contribution in [0.3, 0.4) is 0 Å². The van der Waals surface area contributed by atoms with Crippen molar-refractivity contribution in [3.05, 3.63) is 93.1 Å². The summed E-state index contributed by atoms with van der Waals surface area (Å²) in [6, 6.07) is 11.9. The van der Waals surface area contributed by atoms with Crippen molar-refractivity contribution < 1.29 is 23.5 Å². The topological polar surface area (TPSA) is 147 Å². The number of methoxy groups -OCH3 is 1. The molecule has 2 aromatic heterocycles. The lowest BCUT2D eigenvalue weighted by Gasteiger charge is -2.22. The Hall–Kier alpha value is -4.97. The number of benzene rings is 2. The SMILES string of the molecule is COC(=O)Nc1ccc2c(c1)NC(=O)C(C)CCCC(NC(=O)c1ncn(-c3cccc(Cl)c3F)c1C)c1cc-2cc(=O)[nH]1. The third-order valence-corrected chi connectivity index (χ3v) is 7.85. The van der Waals surface area contributed by atoms with Crippen LogP contribution in [-0.4, -0.2) is 39.6 Å². The summed E-state index contributed by atoms with van der Waals surface area (Å²) in [6.45, 7) is 3.45. The summed E-state index contributed by atoms with van der Waals surface area (Å²) in [5.74, 6) is -1.76. The fourth-order valence-electron chi connectivity index (χ4n) is 5.16. The zero-order valence-corrected chi connectivity index (χ0v) is 24.9. The molecule has 2 aromatic carbocycles. The molecule has 0 aliphatic carbocycles. The Morgan fingerprint density at radius 3 is 2.70 bits per heavy atom. The first kappa shape index (κ1) is 30.5. The highest BCUT2D eigenvalue weighted by Gasteiger charge is 2.25. The summed E-state index contributed by atoms with van der Waals surface area (Å²) in [6.07, 6.45) is 2.14. The normalized spacial score (nSPS) is 16.5. The molecular weight excluding hydrogens is 591 g/mol. The van der Waals surface area contributed by atoms with Gasteiger partial charge in [0.15, 0.2) is 5.82 Å². The summed E-state index contributed by atoms with van der Waals surface area (Å²) in [4.78, 5) is 58.4. The Morgan fingerprint density at radius 1 is 1.14 bits per heavy atom. The largest absolute Gasteiger partial charge is 0.453 e. The van der Waals surface area contributed by atoms with Crippen LogP contribution in [0.25, 0.3) is 16.8 Å². The highest BCUT2D eigenvalue weighted by molar-refractivity contribution is 6.30. The average molecular weight is 621 g/mol. The molecule has 4 aromatic rings. The molecule has 4 N–H and O–H groups in total. The Morgan fingerprint density at radius 2 is 1.93 bits per heavy atom. The van der Waals surface area contributed by atoms with Gasteiger partial charge in [0.25, 0.3) is 5.91 Å². The fraction of sp³-hybridized carbons (Fsp3) is 0.258. The maximum Gasteiger partial charge on any atom is 0.411 e. The van der Waals surface area contributed by atoms with Crippen LogP contribution < -0.4 is 21.5 Å². The van der Waals surface area contributed by atoms with E-state index >= 15 is 0 Å². The van der Waals surface area contributed by atoms with Crippen LogP contribution in [0.15, 0.2) is 59.7 Å². The van der Waals surface area contributed by atoms with Crippen LogP contribution in [0, 0.1) is 18.7 Å². The molecule has 13 heteroatoms. The number of pyridine rings is 1. The summed E-state index contributed by atoms with van der Waals surface area (Å²) in [5.41, 5.74) is 2.49. The van der Waals surface area contributed by atoms with Crippen molar-refractivity contribution in [2.45, 2.75) is 39.2 Å². The number of rotatable bonds is 4. The monoisotopic (exact) mass is 620 g/mol. The second-order valence-corrected chi connectivity index (χ2v) is 10.9. The molecule has 11 nitrogen and oxygen atoms in total. The van der Waals surface area contributed by atoms with E-state index in [9.17, 15) is 23.6 Å². The van der Waals surface area contributed by atoms with Gasteiger partial charge < -0.3 is 20.4 Å². The second kappa shape index (κ2) is 12.7. The van der Waals surface area contributed by atoms with Gasteiger partial charge in [0.1, 0.15) is 12.0 Å². The van der Waals surface area contributed by atoms with E-state index < -0.39 is 29.4 Å². The van der Waals surface area contributed by atoms with E-state index in [4.69, 9.17) is 11.6 Å². The molecule has 3 amide bonds. The van der Waals surface area contributed by atoms with Gasteiger partial charge in [0, 0.05) is 28.9 Å². The first-order valence-corrected chi connectivity index (χ1v) is 14.3. The van der Waals surface area contributed by atoms with Gasteiger partial charge in [-0.15, -0.1) is 0 Å². The zero-order chi connectivity index (χ0) is 31.5. The molecule has 2 bridgehead atoms. The lowest BCUT2D eigenvalue weighted by atomic mass is 9.95. The molecule has 228 valence electrons. The van der Waals surface area contributed by atoms with Gasteiger partial charge in [-0.1, -0.05) is 37.1 Å². The first-order chi connectivity index (χ1) is 21.0. The molecule has 2 unspecified atom stereocenters. The molecule has 1 aliphatic heterocycles. The number of carbonyl (C=O) groups excluding carboxylic acids is 3. The lowest BCUT2D eigenvalue weighted by molar-refractivity contribution is -0.119. The van der Waals surface area contributed by atoms with E-state index in [1.165, 1.54) is 36.2 Å². The van der Waals surface area contributed by atoms with E-state index in [2.05, 4.69) is 30.7 Å². The minimum absolute atomic E-state index is 0.0564. The number of fused-ring (bicyclic) bond motifs is 4. The summed E-state index contributed by atoms with van der Waals surface area (Å²) in [7, 11) is 1.24. The van der Waals surface area contributed by atoms with E-state index in [1.807, 2.05) is 0 Å². The van der Waals surface area contributed by atoms with Crippen LogP contribution in [0.4, 0.5) is 20.6 Å². The molecule has 5 rings (SSSR count). The number of hydrogen-bond donors (Lipinski definition) is 4. The van der Waals surface area contributed by atoms with Crippen molar-refractivity contribution in [3.8, 4) is 16.8 Å². The molecule has 0 saturated carbocycles. The molecule has 3 heterocycles. The Balaban J connectivity index is 1.52. The van der Waals surface area contributed by atoms with Crippen molar-refractivity contribution in [1.82, 2.24) is 19.9 Å². The Kier molecular flexibility index (Phi) is 8.81. The van der Waals surface area contributed by atoms with Gasteiger partial charge in [-0.2, -0.15) is 0 Å². The Labute approximate surface area is 256 Å². The van der Waals surface area contributed by atoms with Crippen LogP contribution >= 0.6 is 11.6 Å². The van der Waals surface area contributed by atoms with Gasteiger partial charge >= 0.3 is 6.09 Å². The number of hydrogen-bond acceptors (Lipinski definition) is 6. The smallest absolute Gasteiger partial charge is 0.411 e. The number of halogens is 2. The average Bonchev–Trinajstić information content (AvgIpc) is 3.38. The molecule has 0 spiro atoms. The lowest BCUT2D eigenvalue weighted by Crippen LogP contribution is -2.31. The van der Waals surface area contributed by atoms with Gasteiger partial charge in [-0.25, -0.2) is 14.2 Å². The molecule has 1 aliphatic rings. The molecule has 2 atom stereocenters. The van der Waals surface area contributed by atoms with Gasteiger partial charge in [-0.3, -0.25) is 24.3 Å². The van der Waals surface area contributed by atoms with Gasteiger partial charge in [-0.05, 0) is 55.7 Å². The first-order valence-electron chi connectivity index (χ1n) is 13.9. The number of nitrogens with one attached hydrogen (secondary N) is 4. The quantitative estimate of drug-likeness (QED) is 0.229. The maximum atomic E-state index is 14.7. The maximum absolute atomic E-state index is 14.7. The van der Waals surface area contributed by atoms with E-state index in [-0.39, 0.29) is 28.2 Å². The van der Waals surface area contributed by atoms with Crippen LogP contribution in [-0.2, 0) is 9.53 Å². The Bertz CT molecular complexity index is 1820. The highest BCUT2D eigenvalue weighted by atomic mass is 35.5. The third-order valence-electron chi connectivity index (χ3n) is 7.56. The fourth-order valence-corrected chi connectivity index (χ4v) is 5.32. The summed E-state index contributed by atoms with van der Waals surface area (Å²) < 4.78 is 20.8. The number of H-pyrrole nitrogens is 1. The predicted octanol–water partition coefficient (Wildman–Crippen LogP) is 5.74. The van der Waals surface area contributed by atoms with E-state index in [0.29, 0.717) is 53.2 Å². The van der Waals surface area contributed by atoms with Crippen LogP contribution in [0.1, 0.15) is 54.1 Å². The molecular formula is C31H30ClFN6O5. The molecule has 0 radical (unpaired) electrons. The van der Waals surface area contributed by atoms with Crippen molar-refractivity contribution in [2.24, 2.45) is 5.92 Å². The van der Waals surface area contributed by atoms with Crippen molar-refractivity contribution >= 4 is 40.9 Å². The second-order valence-electron chi connectivity index (χ2n) is 10.5. The highest BCUT2D eigenvalue weighted by Crippen LogP contribution is 2.33. The van der Waals surface area contributed by atoms with Gasteiger partial charge in [0.05, 0.1) is 35.2 Å². The molecule has 0 fully saturated rings. The summed E-state index contributed by atoms with van der Waals surface area (Å²) in [5, 5.41) is 8.42.